The van der Waals surface area contributed by atoms with Crippen LogP contribution in [-0.2, 0) is 23.7 Å². The Bertz CT molecular complexity index is 2000. The van der Waals surface area contributed by atoms with Crippen molar-refractivity contribution in [2.24, 2.45) is 0 Å². The van der Waals surface area contributed by atoms with Gasteiger partial charge >= 0.3 is 0 Å². The van der Waals surface area contributed by atoms with Gasteiger partial charge in [0.15, 0.2) is 0 Å². The van der Waals surface area contributed by atoms with Crippen LogP contribution in [0, 0.1) is 0 Å². The summed E-state index contributed by atoms with van der Waals surface area (Å²) in [5.41, 5.74) is 17.4. The number of fused-ring (bicyclic) bond motifs is 6. The van der Waals surface area contributed by atoms with E-state index in [1.54, 1.807) is 0 Å². The quantitative estimate of drug-likeness (QED) is 0.189. The van der Waals surface area contributed by atoms with E-state index < -0.39 is 0 Å². The minimum Gasteiger partial charge on any atom is -0.310 e. The van der Waals surface area contributed by atoms with Crippen LogP contribution in [0.25, 0.3) is 22.3 Å². The Morgan fingerprint density at radius 2 is 0.822 bits per heavy atom. The Kier molecular flexibility index (Phi) is 6.36. The van der Waals surface area contributed by atoms with Crippen molar-refractivity contribution in [2.45, 2.75) is 51.4 Å². The van der Waals surface area contributed by atoms with Crippen LogP contribution in [0.5, 0.6) is 0 Å². The highest BCUT2D eigenvalue weighted by atomic mass is 15.1. The number of anilines is 3. The van der Waals surface area contributed by atoms with Gasteiger partial charge in [0.2, 0.25) is 0 Å². The van der Waals surface area contributed by atoms with Crippen LogP contribution in [-0.4, -0.2) is 0 Å². The molecule has 0 N–H and O–H groups in total. The van der Waals surface area contributed by atoms with Crippen molar-refractivity contribution in [3.8, 4) is 22.3 Å². The van der Waals surface area contributed by atoms with Crippen LogP contribution in [0.3, 0.4) is 0 Å². The average Bonchev–Trinajstić information content (AvgIpc) is 3.43. The predicted molar refractivity (Wildman–Crippen MR) is 190 cm³/mol. The van der Waals surface area contributed by atoms with Crippen LogP contribution in [0.15, 0.2) is 140 Å². The highest BCUT2D eigenvalue weighted by Gasteiger charge is 2.42. The van der Waals surface area contributed by atoms with Crippen LogP contribution >= 0.6 is 0 Å². The fourth-order valence-electron chi connectivity index (χ4n) is 7.83. The lowest BCUT2D eigenvalue weighted by atomic mass is 9.79. The Balaban J connectivity index is 1.19. The Morgan fingerprint density at radius 1 is 0.378 bits per heavy atom. The smallest absolute Gasteiger partial charge is 0.0465 e. The molecule has 0 atom stereocenters. The number of hydrogen-bond donors (Lipinski definition) is 0. The Hall–Kier alpha value is -4.88. The largest absolute Gasteiger partial charge is 0.310 e. The zero-order chi connectivity index (χ0) is 30.8. The van der Waals surface area contributed by atoms with Gasteiger partial charge < -0.3 is 4.90 Å². The van der Waals surface area contributed by atoms with Crippen molar-refractivity contribution in [1.29, 1.82) is 0 Å². The monoisotopic (exact) mass is 581 g/mol. The lowest BCUT2D eigenvalue weighted by molar-refractivity contribution is 0.651. The summed E-state index contributed by atoms with van der Waals surface area (Å²) >= 11 is 0. The maximum absolute atomic E-state index is 2.52. The average molecular weight is 582 g/mol. The first-order valence-electron chi connectivity index (χ1n) is 16.2. The highest BCUT2D eigenvalue weighted by molar-refractivity contribution is 5.91. The van der Waals surface area contributed by atoms with Crippen molar-refractivity contribution in [3.05, 3.63) is 173 Å². The van der Waals surface area contributed by atoms with E-state index in [4.69, 9.17) is 0 Å². The lowest BCUT2D eigenvalue weighted by Crippen LogP contribution is -2.17. The van der Waals surface area contributed by atoms with Crippen LogP contribution in [0.2, 0.25) is 0 Å². The van der Waals surface area contributed by atoms with Gasteiger partial charge in [-0.2, -0.15) is 0 Å². The maximum Gasteiger partial charge on any atom is 0.0465 e. The van der Waals surface area contributed by atoms with E-state index in [-0.39, 0.29) is 10.8 Å². The molecule has 8 rings (SSSR count). The molecule has 0 heterocycles. The minimum atomic E-state index is -0.114. The first-order chi connectivity index (χ1) is 21.8. The van der Waals surface area contributed by atoms with Gasteiger partial charge in [0.1, 0.15) is 0 Å². The van der Waals surface area contributed by atoms with Gasteiger partial charge in [-0.3, -0.25) is 0 Å². The molecule has 0 saturated heterocycles. The van der Waals surface area contributed by atoms with E-state index in [1.807, 2.05) is 0 Å². The van der Waals surface area contributed by atoms with Gasteiger partial charge in [-0.1, -0.05) is 119 Å². The third-order valence-corrected chi connectivity index (χ3v) is 10.4. The molecule has 0 bridgehead atoms. The van der Waals surface area contributed by atoms with E-state index in [9.17, 15) is 0 Å². The van der Waals surface area contributed by atoms with Crippen molar-refractivity contribution in [2.75, 3.05) is 4.90 Å². The number of benzene rings is 6. The second-order valence-electron chi connectivity index (χ2n) is 13.8. The van der Waals surface area contributed by atoms with Gasteiger partial charge in [-0.25, -0.2) is 0 Å². The molecule has 6 aromatic rings. The lowest BCUT2D eigenvalue weighted by Gasteiger charge is -2.28. The number of aryl methyl sites for hydroxylation is 2. The zero-order valence-electron chi connectivity index (χ0n) is 26.6. The second-order valence-corrected chi connectivity index (χ2v) is 13.8. The molecule has 1 heteroatoms. The molecule has 2 aliphatic carbocycles. The van der Waals surface area contributed by atoms with E-state index >= 15 is 0 Å². The summed E-state index contributed by atoms with van der Waals surface area (Å²) in [5.74, 6) is 0. The summed E-state index contributed by atoms with van der Waals surface area (Å²) in [6.07, 6.45) is 2.13. The van der Waals surface area contributed by atoms with Gasteiger partial charge in [0.05, 0.1) is 0 Å². The molecule has 0 aromatic heterocycles. The molecule has 220 valence electrons. The molecule has 0 spiro atoms. The normalized spacial score (nSPS) is 14.8. The van der Waals surface area contributed by atoms with Crippen LogP contribution in [0.4, 0.5) is 17.1 Å². The summed E-state index contributed by atoms with van der Waals surface area (Å²) < 4.78 is 0. The first-order valence-corrected chi connectivity index (χ1v) is 16.2. The molecule has 1 nitrogen and oxygen atoms in total. The van der Waals surface area contributed by atoms with Crippen molar-refractivity contribution in [1.82, 2.24) is 0 Å². The van der Waals surface area contributed by atoms with Gasteiger partial charge in [-0.15, -0.1) is 0 Å². The summed E-state index contributed by atoms with van der Waals surface area (Å²) in [5, 5.41) is 0. The van der Waals surface area contributed by atoms with Crippen LogP contribution < -0.4 is 4.90 Å². The molecule has 6 aromatic carbocycles. The fourth-order valence-corrected chi connectivity index (χ4v) is 7.83. The summed E-state index contributed by atoms with van der Waals surface area (Å²) in [6, 6.07) is 51.6. The van der Waals surface area contributed by atoms with E-state index in [1.165, 1.54) is 61.3 Å². The number of nitrogens with zero attached hydrogens (tertiary/aromatic N) is 1. The van der Waals surface area contributed by atoms with Crippen molar-refractivity contribution in [3.63, 3.8) is 0 Å². The predicted octanol–water partition coefficient (Wildman–Crippen LogP) is 11.6. The van der Waals surface area contributed by atoms with Crippen molar-refractivity contribution < 1.29 is 0 Å². The molecule has 0 amide bonds. The third-order valence-electron chi connectivity index (χ3n) is 10.4. The number of rotatable bonds is 6. The summed E-state index contributed by atoms with van der Waals surface area (Å²) in [6.45, 7) is 9.62. The van der Waals surface area contributed by atoms with Crippen molar-refractivity contribution >= 4 is 17.1 Å². The maximum atomic E-state index is 2.52. The van der Waals surface area contributed by atoms with Gasteiger partial charge in [0, 0.05) is 27.9 Å². The van der Waals surface area contributed by atoms with E-state index in [0.29, 0.717) is 0 Å². The summed E-state index contributed by atoms with van der Waals surface area (Å²) in [7, 11) is 0. The second kappa shape index (κ2) is 10.3. The van der Waals surface area contributed by atoms with E-state index in [0.717, 1.165) is 24.2 Å². The van der Waals surface area contributed by atoms with Gasteiger partial charge in [0.25, 0.3) is 0 Å². The molecule has 0 aliphatic heterocycles. The molecule has 2 aliphatic rings. The molecule has 0 unspecified atom stereocenters. The molecular formula is C44H39N. The number of para-hydroxylation sites is 2. The summed E-state index contributed by atoms with van der Waals surface area (Å²) in [4.78, 5) is 2.37. The molecule has 0 fully saturated rings. The van der Waals surface area contributed by atoms with E-state index in [2.05, 4.69) is 172 Å². The molecular weight excluding hydrogens is 542 g/mol. The molecule has 0 saturated carbocycles. The fraction of sp³-hybridized carbons (Fsp3) is 0.182. The third kappa shape index (κ3) is 4.45. The first kappa shape index (κ1) is 27.7. The Labute approximate surface area is 267 Å². The topological polar surface area (TPSA) is 3.24 Å². The standard InChI is InChI=1S/C44H39N/c1-43(2)39-26-31(21-20-30-14-8-5-9-15-30)22-24-35(39)37-28-42-38(29-41(37)43)36-25-23-34(27-40(36)44(42,3)4)45(32-16-10-6-11-17-32)33-18-12-7-13-19-33/h5-19,22-29H,20-21H2,1-4H3. The molecule has 0 radical (unpaired) electrons. The number of hydrogen-bond acceptors (Lipinski definition) is 1. The Morgan fingerprint density at radius 3 is 1.38 bits per heavy atom. The molecule has 45 heavy (non-hydrogen) atoms. The minimum absolute atomic E-state index is 0.0489. The highest BCUT2D eigenvalue weighted by Crippen LogP contribution is 2.56. The van der Waals surface area contributed by atoms with Gasteiger partial charge in [-0.05, 0) is 117 Å². The SMILES string of the molecule is CC1(C)c2cc(CCc3ccccc3)ccc2-c2cc3c(cc21)-c1ccc(N(c2ccccc2)c2ccccc2)cc1C3(C)C. The zero-order valence-corrected chi connectivity index (χ0v) is 26.6. The van der Waals surface area contributed by atoms with Crippen LogP contribution in [0.1, 0.15) is 61.1 Å².